The highest BCUT2D eigenvalue weighted by molar-refractivity contribution is 5.80. The molecule has 8 nitrogen and oxygen atoms in total. The number of methoxy groups -OCH3 is 1. The van der Waals surface area contributed by atoms with Gasteiger partial charge in [0.2, 0.25) is 5.91 Å². The van der Waals surface area contributed by atoms with Crippen LogP contribution in [-0.2, 0) is 19.1 Å². The van der Waals surface area contributed by atoms with Gasteiger partial charge in [-0.1, -0.05) is 60.7 Å². The van der Waals surface area contributed by atoms with Crippen molar-refractivity contribution in [3.8, 4) is 11.1 Å². The van der Waals surface area contributed by atoms with E-state index in [2.05, 4.69) is 34.9 Å². The summed E-state index contributed by atoms with van der Waals surface area (Å²) in [7, 11) is 1.33. The Morgan fingerprint density at radius 3 is 2.34 bits per heavy atom. The van der Waals surface area contributed by atoms with Gasteiger partial charge in [0, 0.05) is 31.9 Å². The van der Waals surface area contributed by atoms with Crippen molar-refractivity contribution in [1.29, 1.82) is 0 Å². The predicted molar refractivity (Wildman–Crippen MR) is 130 cm³/mol. The highest BCUT2D eigenvalue weighted by Crippen LogP contribution is 2.44. The summed E-state index contributed by atoms with van der Waals surface area (Å²) in [4.78, 5) is 36.1. The van der Waals surface area contributed by atoms with Gasteiger partial charge in [-0.05, 0) is 35.1 Å². The van der Waals surface area contributed by atoms with Crippen LogP contribution in [-0.4, -0.2) is 55.5 Å². The molecule has 1 unspecified atom stereocenters. The third kappa shape index (κ3) is 5.71. The number of allylic oxidation sites excluding steroid dienone is 1. The van der Waals surface area contributed by atoms with Gasteiger partial charge in [0.05, 0.1) is 6.04 Å². The van der Waals surface area contributed by atoms with Crippen molar-refractivity contribution in [1.82, 2.24) is 10.6 Å². The molecule has 0 fully saturated rings. The molecule has 0 bridgehead atoms. The normalized spacial score (nSPS) is 19.3. The first-order chi connectivity index (χ1) is 17.0. The van der Waals surface area contributed by atoms with E-state index in [4.69, 9.17) is 14.6 Å². The molecule has 3 N–H and O–H groups in total. The number of carboxylic acid groups (broad SMARTS) is 1. The van der Waals surface area contributed by atoms with Crippen LogP contribution in [0.2, 0.25) is 0 Å². The lowest BCUT2D eigenvalue weighted by atomic mass is 9.90. The van der Waals surface area contributed by atoms with E-state index < -0.39 is 18.2 Å². The standard InChI is InChI=1S/C27H30N2O6/c1-34-24(26(31)32)13-14-28-25(30)17-7-6-8-18(15-17)29-27(33)35-16-23-21-11-4-2-9-19(21)20-10-3-5-12-22(20)23/h2-6,8-12,17-18,23-24H,7,13-16H2,1H3,(H,28,30)(H,29,33)(H,31,32)/t17-,18-,24?/m1/s1. The minimum Gasteiger partial charge on any atom is -0.479 e. The third-order valence-corrected chi connectivity index (χ3v) is 6.61. The molecule has 0 saturated heterocycles. The predicted octanol–water partition coefficient (Wildman–Crippen LogP) is 3.47. The number of amides is 2. The Balaban J connectivity index is 1.27. The van der Waals surface area contributed by atoms with Gasteiger partial charge in [0.25, 0.3) is 0 Å². The van der Waals surface area contributed by atoms with Crippen molar-refractivity contribution in [3.05, 3.63) is 71.8 Å². The smallest absolute Gasteiger partial charge is 0.407 e. The highest BCUT2D eigenvalue weighted by Gasteiger charge is 2.30. The van der Waals surface area contributed by atoms with Crippen molar-refractivity contribution in [2.75, 3.05) is 20.3 Å². The fourth-order valence-electron chi connectivity index (χ4n) is 4.81. The Morgan fingerprint density at radius 2 is 1.71 bits per heavy atom. The molecule has 0 aromatic heterocycles. The molecule has 8 heteroatoms. The van der Waals surface area contributed by atoms with Crippen LogP contribution in [0, 0.1) is 5.92 Å². The fourth-order valence-corrected chi connectivity index (χ4v) is 4.81. The average molecular weight is 479 g/mol. The number of carbonyl (C=O) groups excluding carboxylic acids is 2. The number of benzene rings is 2. The summed E-state index contributed by atoms with van der Waals surface area (Å²) in [5.74, 6) is -1.57. The number of ether oxygens (including phenoxy) is 2. The van der Waals surface area contributed by atoms with E-state index in [1.165, 1.54) is 18.2 Å². The zero-order valence-electron chi connectivity index (χ0n) is 19.6. The molecule has 2 aliphatic carbocycles. The van der Waals surface area contributed by atoms with E-state index in [1.54, 1.807) is 0 Å². The summed E-state index contributed by atoms with van der Waals surface area (Å²) in [5, 5.41) is 14.6. The zero-order valence-corrected chi connectivity index (χ0v) is 19.6. The second kappa shape index (κ2) is 11.2. The van der Waals surface area contributed by atoms with Crippen molar-refractivity contribution in [2.45, 2.75) is 37.3 Å². The number of fused-ring (bicyclic) bond motifs is 3. The van der Waals surface area contributed by atoms with Gasteiger partial charge in [-0.15, -0.1) is 0 Å². The van der Waals surface area contributed by atoms with Crippen LogP contribution in [0.5, 0.6) is 0 Å². The van der Waals surface area contributed by atoms with Crippen molar-refractivity contribution in [2.24, 2.45) is 5.92 Å². The number of nitrogens with one attached hydrogen (secondary N) is 2. The van der Waals surface area contributed by atoms with Crippen molar-refractivity contribution < 1.29 is 29.0 Å². The SMILES string of the molecule is COC(CCNC(=O)[C@@H]1CC=C[C@@H](NC(=O)OCC2c3ccccc3-c3ccccc32)C1)C(=O)O. The molecular weight excluding hydrogens is 448 g/mol. The number of alkyl carbamates (subject to hydrolysis) is 1. The summed E-state index contributed by atoms with van der Waals surface area (Å²) in [6.45, 7) is 0.429. The van der Waals surface area contributed by atoms with E-state index in [0.29, 0.717) is 12.8 Å². The average Bonchev–Trinajstić information content (AvgIpc) is 3.19. The van der Waals surface area contributed by atoms with Crippen LogP contribution in [0.25, 0.3) is 11.1 Å². The van der Waals surface area contributed by atoms with Gasteiger partial charge < -0.3 is 25.2 Å². The molecule has 2 amide bonds. The van der Waals surface area contributed by atoms with Gasteiger partial charge in [0.1, 0.15) is 6.61 Å². The van der Waals surface area contributed by atoms with Crippen LogP contribution in [0.1, 0.15) is 36.3 Å². The fraction of sp³-hybridized carbons (Fsp3) is 0.370. The number of carbonyl (C=O) groups is 3. The first kappa shape index (κ1) is 24.5. The largest absolute Gasteiger partial charge is 0.479 e. The van der Waals surface area contributed by atoms with Gasteiger partial charge in [-0.25, -0.2) is 9.59 Å². The van der Waals surface area contributed by atoms with E-state index in [-0.39, 0.29) is 43.4 Å². The minimum atomic E-state index is -1.06. The van der Waals surface area contributed by atoms with E-state index in [1.807, 2.05) is 36.4 Å². The Kier molecular flexibility index (Phi) is 7.82. The zero-order chi connectivity index (χ0) is 24.8. The Labute approximate surface area is 204 Å². The summed E-state index contributed by atoms with van der Waals surface area (Å²) < 4.78 is 10.5. The molecule has 2 aromatic rings. The van der Waals surface area contributed by atoms with Gasteiger partial charge in [-0.2, -0.15) is 0 Å². The molecule has 2 aliphatic rings. The Bertz CT molecular complexity index is 1070. The molecule has 0 aliphatic heterocycles. The van der Waals surface area contributed by atoms with E-state index in [0.717, 1.165) is 11.1 Å². The monoisotopic (exact) mass is 478 g/mol. The Hall–Kier alpha value is -3.65. The summed E-state index contributed by atoms with van der Waals surface area (Å²) >= 11 is 0. The van der Waals surface area contributed by atoms with Crippen LogP contribution < -0.4 is 10.6 Å². The molecule has 0 saturated carbocycles. The summed E-state index contributed by atoms with van der Waals surface area (Å²) in [6, 6.07) is 16.0. The lowest BCUT2D eigenvalue weighted by Crippen LogP contribution is -2.41. The number of hydrogen-bond acceptors (Lipinski definition) is 5. The lowest BCUT2D eigenvalue weighted by Gasteiger charge is -2.25. The minimum absolute atomic E-state index is 0.0182. The van der Waals surface area contributed by atoms with Crippen LogP contribution in [0.15, 0.2) is 60.7 Å². The first-order valence-electron chi connectivity index (χ1n) is 11.8. The maximum absolute atomic E-state index is 12.6. The molecule has 3 atom stereocenters. The highest BCUT2D eigenvalue weighted by atomic mass is 16.5. The molecule has 0 radical (unpaired) electrons. The number of hydrogen-bond donors (Lipinski definition) is 3. The molecular formula is C27H30N2O6. The van der Waals surface area contributed by atoms with Gasteiger partial charge in [0.15, 0.2) is 6.10 Å². The van der Waals surface area contributed by atoms with Gasteiger partial charge >= 0.3 is 12.1 Å². The topological polar surface area (TPSA) is 114 Å². The van der Waals surface area contributed by atoms with Crippen LogP contribution in [0.3, 0.4) is 0 Å². The molecule has 0 spiro atoms. The Morgan fingerprint density at radius 1 is 1.06 bits per heavy atom. The summed E-state index contributed by atoms with van der Waals surface area (Å²) in [5.41, 5.74) is 4.63. The molecule has 4 rings (SSSR count). The van der Waals surface area contributed by atoms with Crippen molar-refractivity contribution in [3.63, 3.8) is 0 Å². The molecule has 184 valence electrons. The first-order valence-corrected chi connectivity index (χ1v) is 11.8. The van der Waals surface area contributed by atoms with E-state index >= 15 is 0 Å². The second-order valence-electron chi connectivity index (χ2n) is 8.82. The second-order valence-corrected chi connectivity index (χ2v) is 8.82. The molecule has 35 heavy (non-hydrogen) atoms. The molecule has 2 aromatic carbocycles. The number of rotatable bonds is 9. The maximum Gasteiger partial charge on any atom is 0.407 e. The van der Waals surface area contributed by atoms with Crippen molar-refractivity contribution >= 4 is 18.0 Å². The van der Waals surface area contributed by atoms with Crippen LogP contribution in [0.4, 0.5) is 4.79 Å². The van der Waals surface area contributed by atoms with Crippen LogP contribution >= 0.6 is 0 Å². The maximum atomic E-state index is 12.6. The van der Waals surface area contributed by atoms with Gasteiger partial charge in [-0.3, -0.25) is 4.79 Å². The van der Waals surface area contributed by atoms with E-state index in [9.17, 15) is 14.4 Å². The number of carboxylic acids is 1. The quantitative estimate of drug-likeness (QED) is 0.476. The summed E-state index contributed by atoms with van der Waals surface area (Å²) in [6.07, 6.45) is 3.45. The lowest BCUT2D eigenvalue weighted by molar-refractivity contribution is -0.149. The molecule has 0 heterocycles. The number of aliphatic carboxylic acids is 1. The third-order valence-electron chi connectivity index (χ3n) is 6.61.